The summed E-state index contributed by atoms with van der Waals surface area (Å²) in [4.78, 5) is 0. The summed E-state index contributed by atoms with van der Waals surface area (Å²) in [6.07, 6.45) is 0. The van der Waals surface area contributed by atoms with E-state index in [1.807, 2.05) is 54.6 Å². The Hall–Kier alpha value is -2.16. The quantitative estimate of drug-likeness (QED) is 0.769. The van der Waals surface area contributed by atoms with Crippen LogP contribution in [0.4, 0.5) is 5.69 Å². The number of rotatable bonds is 7. The summed E-state index contributed by atoms with van der Waals surface area (Å²) in [6.45, 7) is 4.00. The van der Waals surface area contributed by atoms with Crippen molar-refractivity contribution in [2.75, 3.05) is 25.1 Å². The number of para-hydroxylation sites is 3. The van der Waals surface area contributed by atoms with E-state index in [-0.39, 0.29) is 0 Å². The first kappa shape index (κ1) is 13.3. The van der Waals surface area contributed by atoms with Crippen LogP contribution in [0.5, 0.6) is 11.5 Å². The van der Waals surface area contributed by atoms with E-state index < -0.39 is 0 Å². The van der Waals surface area contributed by atoms with Gasteiger partial charge in [0, 0.05) is 6.54 Å². The summed E-state index contributed by atoms with van der Waals surface area (Å²) in [7, 11) is 0. The predicted octanol–water partition coefficient (Wildman–Crippen LogP) is 3.58. The summed E-state index contributed by atoms with van der Waals surface area (Å²) < 4.78 is 11.3. The average Bonchev–Trinajstić information content (AvgIpc) is 2.47. The minimum absolute atomic E-state index is 0.525. The van der Waals surface area contributed by atoms with Gasteiger partial charge in [-0.25, -0.2) is 0 Å². The van der Waals surface area contributed by atoms with Crippen molar-refractivity contribution in [1.82, 2.24) is 0 Å². The fourth-order valence-corrected chi connectivity index (χ4v) is 1.76. The molecule has 0 aliphatic rings. The van der Waals surface area contributed by atoms with Gasteiger partial charge >= 0.3 is 0 Å². The van der Waals surface area contributed by atoms with Crippen LogP contribution in [0.3, 0.4) is 0 Å². The third kappa shape index (κ3) is 4.21. The zero-order chi connectivity index (χ0) is 13.3. The first-order chi connectivity index (χ1) is 9.40. The highest BCUT2D eigenvalue weighted by atomic mass is 16.5. The summed E-state index contributed by atoms with van der Waals surface area (Å²) in [5.41, 5.74) is 1.02. The minimum atomic E-state index is 0.525. The number of ether oxygens (including phenoxy) is 2. The molecule has 0 spiro atoms. The zero-order valence-electron chi connectivity index (χ0n) is 11.1. The Morgan fingerprint density at radius 3 is 2.32 bits per heavy atom. The van der Waals surface area contributed by atoms with Crippen molar-refractivity contribution in [3.8, 4) is 11.5 Å². The molecular weight excluding hydrogens is 238 g/mol. The fourth-order valence-electron chi connectivity index (χ4n) is 1.76. The molecule has 3 nitrogen and oxygen atoms in total. The van der Waals surface area contributed by atoms with Crippen LogP contribution in [-0.4, -0.2) is 19.8 Å². The van der Waals surface area contributed by atoms with Crippen LogP contribution in [0.25, 0.3) is 0 Å². The Kier molecular flexibility index (Phi) is 5.11. The molecule has 100 valence electrons. The lowest BCUT2D eigenvalue weighted by molar-refractivity contribution is 0.218. The second-order valence-corrected chi connectivity index (χ2v) is 4.04. The van der Waals surface area contributed by atoms with Gasteiger partial charge in [0.15, 0.2) is 0 Å². The highest BCUT2D eigenvalue weighted by molar-refractivity contribution is 5.55. The average molecular weight is 257 g/mol. The minimum Gasteiger partial charge on any atom is -0.490 e. The molecule has 0 saturated heterocycles. The number of anilines is 1. The summed E-state index contributed by atoms with van der Waals surface area (Å²) in [5, 5.41) is 3.27. The largest absolute Gasteiger partial charge is 0.490 e. The van der Waals surface area contributed by atoms with Crippen molar-refractivity contribution >= 4 is 5.69 Å². The van der Waals surface area contributed by atoms with E-state index in [1.165, 1.54) is 0 Å². The van der Waals surface area contributed by atoms with E-state index in [9.17, 15) is 0 Å². The molecule has 2 aromatic carbocycles. The summed E-state index contributed by atoms with van der Waals surface area (Å²) in [6, 6.07) is 17.7. The molecule has 2 aromatic rings. The topological polar surface area (TPSA) is 30.5 Å². The monoisotopic (exact) mass is 257 g/mol. The molecule has 0 atom stereocenters. The fraction of sp³-hybridized carbons (Fsp3) is 0.250. The molecule has 0 aromatic heterocycles. The van der Waals surface area contributed by atoms with E-state index in [1.54, 1.807) is 0 Å². The van der Waals surface area contributed by atoms with Gasteiger partial charge in [-0.2, -0.15) is 0 Å². The molecule has 2 rings (SSSR count). The Bertz CT molecular complexity index is 485. The molecule has 0 saturated carbocycles. The number of nitrogens with one attached hydrogen (secondary N) is 1. The van der Waals surface area contributed by atoms with Gasteiger partial charge in [-0.15, -0.1) is 0 Å². The third-order valence-corrected chi connectivity index (χ3v) is 2.61. The first-order valence-corrected chi connectivity index (χ1v) is 6.53. The molecule has 0 radical (unpaired) electrons. The Labute approximate surface area is 114 Å². The maximum Gasteiger partial charge on any atom is 0.142 e. The van der Waals surface area contributed by atoms with E-state index in [4.69, 9.17) is 9.47 Å². The molecule has 0 bridgehead atoms. The van der Waals surface area contributed by atoms with Crippen LogP contribution in [0.2, 0.25) is 0 Å². The molecule has 0 unspecified atom stereocenters. The molecule has 0 fully saturated rings. The van der Waals surface area contributed by atoms with Crippen molar-refractivity contribution < 1.29 is 9.47 Å². The lowest BCUT2D eigenvalue weighted by atomic mass is 10.3. The van der Waals surface area contributed by atoms with E-state index in [0.717, 1.165) is 23.7 Å². The van der Waals surface area contributed by atoms with Gasteiger partial charge in [0.25, 0.3) is 0 Å². The lowest BCUT2D eigenvalue weighted by Gasteiger charge is -2.12. The third-order valence-electron chi connectivity index (χ3n) is 2.61. The second-order valence-electron chi connectivity index (χ2n) is 4.04. The van der Waals surface area contributed by atoms with Gasteiger partial charge in [0.2, 0.25) is 0 Å². The van der Waals surface area contributed by atoms with Gasteiger partial charge in [0.05, 0.1) is 5.69 Å². The van der Waals surface area contributed by atoms with Crippen LogP contribution >= 0.6 is 0 Å². The Morgan fingerprint density at radius 2 is 1.53 bits per heavy atom. The van der Waals surface area contributed by atoms with Gasteiger partial charge in [-0.1, -0.05) is 30.3 Å². The SMILES string of the molecule is CCNc1ccccc1OCCOc1ccccc1. The van der Waals surface area contributed by atoms with Crippen molar-refractivity contribution in [3.05, 3.63) is 54.6 Å². The molecule has 1 N–H and O–H groups in total. The highest BCUT2D eigenvalue weighted by Crippen LogP contribution is 2.23. The maximum atomic E-state index is 5.72. The second kappa shape index (κ2) is 7.31. The molecular formula is C16H19NO2. The van der Waals surface area contributed by atoms with Gasteiger partial charge in [-0.3, -0.25) is 0 Å². The van der Waals surface area contributed by atoms with E-state index >= 15 is 0 Å². The van der Waals surface area contributed by atoms with Crippen molar-refractivity contribution in [1.29, 1.82) is 0 Å². The smallest absolute Gasteiger partial charge is 0.142 e. The van der Waals surface area contributed by atoms with Crippen molar-refractivity contribution in [3.63, 3.8) is 0 Å². The normalized spacial score (nSPS) is 9.95. The standard InChI is InChI=1S/C16H19NO2/c1-2-17-15-10-6-7-11-16(15)19-13-12-18-14-8-4-3-5-9-14/h3-11,17H,2,12-13H2,1H3. The highest BCUT2D eigenvalue weighted by Gasteiger charge is 2.01. The van der Waals surface area contributed by atoms with Crippen molar-refractivity contribution in [2.45, 2.75) is 6.92 Å². The van der Waals surface area contributed by atoms with E-state index in [0.29, 0.717) is 13.2 Å². The molecule has 0 aliphatic heterocycles. The number of benzene rings is 2. The van der Waals surface area contributed by atoms with E-state index in [2.05, 4.69) is 12.2 Å². The van der Waals surface area contributed by atoms with Gasteiger partial charge in [-0.05, 0) is 31.2 Å². The maximum absolute atomic E-state index is 5.72. The number of hydrogen-bond acceptors (Lipinski definition) is 3. The van der Waals surface area contributed by atoms with Crippen LogP contribution in [0.1, 0.15) is 6.92 Å². The number of hydrogen-bond donors (Lipinski definition) is 1. The van der Waals surface area contributed by atoms with Gasteiger partial charge in [0.1, 0.15) is 24.7 Å². The van der Waals surface area contributed by atoms with Gasteiger partial charge < -0.3 is 14.8 Å². The Balaban J connectivity index is 1.79. The first-order valence-electron chi connectivity index (χ1n) is 6.53. The molecule has 0 heterocycles. The van der Waals surface area contributed by atoms with Crippen molar-refractivity contribution in [2.24, 2.45) is 0 Å². The molecule has 19 heavy (non-hydrogen) atoms. The summed E-state index contributed by atoms with van der Waals surface area (Å²) in [5.74, 6) is 1.73. The predicted molar refractivity (Wildman–Crippen MR) is 78.0 cm³/mol. The molecule has 0 amide bonds. The zero-order valence-corrected chi connectivity index (χ0v) is 11.1. The molecule has 0 aliphatic carbocycles. The van der Waals surface area contributed by atoms with Crippen LogP contribution in [0.15, 0.2) is 54.6 Å². The Morgan fingerprint density at radius 1 is 0.842 bits per heavy atom. The molecule has 3 heteroatoms. The van der Waals surface area contributed by atoms with Crippen LogP contribution in [0, 0.1) is 0 Å². The summed E-state index contributed by atoms with van der Waals surface area (Å²) >= 11 is 0. The van der Waals surface area contributed by atoms with Crippen LogP contribution in [-0.2, 0) is 0 Å². The lowest BCUT2D eigenvalue weighted by Crippen LogP contribution is -2.10. The van der Waals surface area contributed by atoms with Crippen LogP contribution < -0.4 is 14.8 Å².